The number of piperazine rings is 1. The average Bonchev–Trinajstić information content (AvgIpc) is 2.68. The quantitative estimate of drug-likeness (QED) is 0.740. The van der Waals surface area contributed by atoms with Gasteiger partial charge in [-0.1, -0.05) is 18.2 Å². The molecule has 3 rings (SSSR count). The number of hydrogen-bond donors (Lipinski definition) is 1. The summed E-state index contributed by atoms with van der Waals surface area (Å²) in [7, 11) is -3.14. The highest BCUT2D eigenvalue weighted by molar-refractivity contribution is 7.88. The van der Waals surface area contributed by atoms with E-state index in [9.17, 15) is 18.0 Å². The molecule has 0 aliphatic carbocycles. The summed E-state index contributed by atoms with van der Waals surface area (Å²) in [6.07, 6.45) is 2.76. The van der Waals surface area contributed by atoms with Crippen molar-refractivity contribution in [3.63, 3.8) is 0 Å². The summed E-state index contributed by atoms with van der Waals surface area (Å²) in [5, 5.41) is 2.86. The number of benzene rings is 1. The molecule has 1 saturated heterocycles. The van der Waals surface area contributed by atoms with Crippen molar-refractivity contribution < 1.29 is 13.2 Å². The Hall–Kier alpha value is -2.49. The van der Waals surface area contributed by atoms with Crippen molar-refractivity contribution in [1.82, 2.24) is 19.1 Å². The standard InChI is InChI=1S/C19H24N4O4S/c1-28(26,27)22-13-11-21(12-14-22)10-9-20-19(25)16-7-8-18(24)23(15-16)17-5-3-2-4-6-17/h2-8,15H,9-14H2,1H3,(H,20,25). The second-order valence-corrected chi connectivity index (χ2v) is 8.70. The first-order chi connectivity index (χ1) is 13.3. The van der Waals surface area contributed by atoms with Crippen LogP contribution in [0.1, 0.15) is 10.4 Å². The SMILES string of the molecule is CS(=O)(=O)N1CCN(CCNC(=O)c2ccc(=O)n(-c3ccccc3)c2)CC1. The van der Waals surface area contributed by atoms with Crippen LogP contribution in [0.4, 0.5) is 0 Å². The van der Waals surface area contributed by atoms with Crippen LogP contribution in [-0.4, -0.2) is 73.6 Å². The van der Waals surface area contributed by atoms with Gasteiger partial charge in [0, 0.05) is 57.2 Å². The number of rotatable bonds is 6. The smallest absolute Gasteiger partial charge is 0.255 e. The summed E-state index contributed by atoms with van der Waals surface area (Å²) < 4.78 is 26.0. The van der Waals surface area contributed by atoms with Crippen molar-refractivity contribution in [2.24, 2.45) is 0 Å². The van der Waals surface area contributed by atoms with E-state index in [0.29, 0.717) is 50.5 Å². The summed E-state index contributed by atoms with van der Waals surface area (Å²) in [4.78, 5) is 26.6. The van der Waals surface area contributed by atoms with Gasteiger partial charge in [-0.05, 0) is 18.2 Å². The zero-order valence-electron chi connectivity index (χ0n) is 15.7. The molecule has 2 heterocycles. The lowest BCUT2D eigenvalue weighted by atomic mass is 10.2. The van der Waals surface area contributed by atoms with Gasteiger partial charge in [0.1, 0.15) is 0 Å². The molecule has 9 heteroatoms. The highest BCUT2D eigenvalue weighted by atomic mass is 32.2. The number of amides is 1. The number of carbonyl (C=O) groups excluding carboxylic acids is 1. The van der Waals surface area contributed by atoms with E-state index in [2.05, 4.69) is 10.2 Å². The minimum absolute atomic E-state index is 0.202. The zero-order chi connectivity index (χ0) is 20.1. The molecule has 0 spiro atoms. The van der Waals surface area contributed by atoms with Crippen molar-refractivity contribution in [1.29, 1.82) is 0 Å². The van der Waals surface area contributed by atoms with Gasteiger partial charge in [-0.25, -0.2) is 8.42 Å². The molecule has 1 aliphatic heterocycles. The highest BCUT2D eigenvalue weighted by Gasteiger charge is 2.23. The second-order valence-electron chi connectivity index (χ2n) is 6.72. The molecule has 150 valence electrons. The number of aromatic nitrogens is 1. The Morgan fingerprint density at radius 2 is 1.71 bits per heavy atom. The minimum atomic E-state index is -3.14. The third-order valence-corrected chi connectivity index (χ3v) is 6.02. The Kier molecular flexibility index (Phi) is 6.28. The molecule has 28 heavy (non-hydrogen) atoms. The fraction of sp³-hybridized carbons (Fsp3) is 0.368. The van der Waals surface area contributed by atoms with Crippen molar-refractivity contribution in [2.75, 3.05) is 45.5 Å². The molecular formula is C19H24N4O4S. The Balaban J connectivity index is 1.54. The van der Waals surface area contributed by atoms with Crippen LogP contribution >= 0.6 is 0 Å². The van der Waals surface area contributed by atoms with Crippen molar-refractivity contribution in [3.8, 4) is 5.69 Å². The molecule has 1 fully saturated rings. The lowest BCUT2D eigenvalue weighted by Crippen LogP contribution is -2.49. The number of sulfonamides is 1. The molecule has 1 amide bonds. The molecular weight excluding hydrogens is 380 g/mol. The Morgan fingerprint density at radius 1 is 1.04 bits per heavy atom. The molecule has 1 aliphatic rings. The molecule has 1 aromatic carbocycles. The largest absolute Gasteiger partial charge is 0.351 e. The molecule has 0 atom stereocenters. The van der Waals surface area contributed by atoms with Gasteiger partial charge in [0.05, 0.1) is 11.8 Å². The first-order valence-electron chi connectivity index (χ1n) is 9.08. The summed E-state index contributed by atoms with van der Waals surface area (Å²) in [5.41, 5.74) is 0.905. The molecule has 2 aromatic rings. The zero-order valence-corrected chi connectivity index (χ0v) is 16.6. The van der Waals surface area contributed by atoms with Gasteiger partial charge in [-0.2, -0.15) is 4.31 Å². The number of para-hydroxylation sites is 1. The van der Waals surface area contributed by atoms with Gasteiger partial charge in [-0.3, -0.25) is 19.1 Å². The van der Waals surface area contributed by atoms with Crippen LogP contribution in [0.15, 0.2) is 53.5 Å². The molecule has 8 nitrogen and oxygen atoms in total. The van der Waals surface area contributed by atoms with Crippen LogP contribution in [0, 0.1) is 0 Å². The monoisotopic (exact) mass is 404 g/mol. The topological polar surface area (TPSA) is 91.7 Å². The Morgan fingerprint density at radius 3 is 2.36 bits per heavy atom. The lowest BCUT2D eigenvalue weighted by molar-refractivity contribution is 0.0944. The van der Waals surface area contributed by atoms with E-state index >= 15 is 0 Å². The van der Waals surface area contributed by atoms with E-state index in [4.69, 9.17) is 0 Å². The van der Waals surface area contributed by atoms with Crippen molar-refractivity contribution in [3.05, 3.63) is 64.6 Å². The highest BCUT2D eigenvalue weighted by Crippen LogP contribution is 2.07. The van der Waals surface area contributed by atoms with E-state index in [1.165, 1.54) is 33.5 Å². The summed E-state index contributed by atoms with van der Waals surface area (Å²) >= 11 is 0. The minimum Gasteiger partial charge on any atom is -0.351 e. The van der Waals surface area contributed by atoms with Crippen LogP contribution in [-0.2, 0) is 10.0 Å². The van der Waals surface area contributed by atoms with Crippen LogP contribution in [0.25, 0.3) is 5.69 Å². The predicted octanol–water partition coefficient (Wildman–Crippen LogP) is 0.145. The van der Waals surface area contributed by atoms with Gasteiger partial charge >= 0.3 is 0 Å². The molecule has 1 aromatic heterocycles. The maximum atomic E-state index is 12.4. The maximum absolute atomic E-state index is 12.4. The third kappa shape index (κ3) is 5.06. The van der Waals surface area contributed by atoms with Crippen LogP contribution in [0.2, 0.25) is 0 Å². The third-order valence-electron chi connectivity index (χ3n) is 4.72. The predicted molar refractivity (Wildman–Crippen MR) is 107 cm³/mol. The fourth-order valence-corrected chi connectivity index (χ4v) is 3.95. The van der Waals surface area contributed by atoms with Crippen LogP contribution < -0.4 is 10.9 Å². The second kappa shape index (κ2) is 8.68. The number of nitrogens with one attached hydrogen (secondary N) is 1. The fourth-order valence-electron chi connectivity index (χ4n) is 3.13. The molecule has 0 saturated carbocycles. The van der Waals surface area contributed by atoms with E-state index in [1.54, 1.807) is 12.1 Å². The van der Waals surface area contributed by atoms with Gasteiger partial charge in [-0.15, -0.1) is 0 Å². The van der Waals surface area contributed by atoms with Crippen molar-refractivity contribution in [2.45, 2.75) is 0 Å². The average molecular weight is 404 g/mol. The van der Waals surface area contributed by atoms with Crippen LogP contribution in [0.5, 0.6) is 0 Å². The van der Waals surface area contributed by atoms with Crippen molar-refractivity contribution >= 4 is 15.9 Å². The lowest BCUT2D eigenvalue weighted by Gasteiger charge is -2.33. The first-order valence-corrected chi connectivity index (χ1v) is 10.9. The normalized spacial score (nSPS) is 16.0. The first kappa shape index (κ1) is 20.2. The number of nitrogens with zero attached hydrogens (tertiary/aromatic N) is 3. The summed E-state index contributed by atoms with van der Waals surface area (Å²) in [6, 6.07) is 12.0. The number of hydrogen-bond acceptors (Lipinski definition) is 5. The number of pyridine rings is 1. The molecule has 0 unspecified atom stereocenters. The molecule has 0 bridgehead atoms. The van der Waals surface area contributed by atoms with Gasteiger partial charge < -0.3 is 5.32 Å². The van der Waals surface area contributed by atoms with E-state index in [1.807, 2.05) is 18.2 Å². The number of carbonyl (C=O) groups is 1. The van der Waals surface area contributed by atoms with Gasteiger partial charge in [0.15, 0.2) is 0 Å². The maximum Gasteiger partial charge on any atom is 0.255 e. The van der Waals surface area contributed by atoms with E-state index in [-0.39, 0.29) is 11.5 Å². The van der Waals surface area contributed by atoms with E-state index in [0.717, 1.165) is 0 Å². The van der Waals surface area contributed by atoms with Gasteiger partial charge in [0.25, 0.3) is 11.5 Å². The molecule has 1 N–H and O–H groups in total. The van der Waals surface area contributed by atoms with E-state index < -0.39 is 10.0 Å². The Bertz CT molecular complexity index is 980. The summed E-state index contributed by atoms with van der Waals surface area (Å²) in [6.45, 7) is 3.30. The molecule has 0 radical (unpaired) electrons. The van der Waals surface area contributed by atoms with Crippen LogP contribution in [0.3, 0.4) is 0 Å². The van der Waals surface area contributed by atoms with Gasteiger partial charge in [0.2, 0.25) is 10.0 Å². The summed E-state index contributed by atoms with van der Waals surface area (Å²) in [5.74, 6) is -0.251. The Labute approximate surface area is 164 Å².